The number of carbonyl (C=O) groups excluding carboxylic acids is 3. The number of hydrogen-bond donors (Lipinski definition) is 0. The largest absolute Gasteiger partial charge is 0.335 e. The highest BCUT2D eigenvalue weighted by Gasteiger charge is 2.46. The van der Waals surface area contributed by atoms with Crippen LogP contribution in [-0.4, -0.2) is 34.2 Å². The minimum absolute atomic E-state index is 0.149. The maximum atomic E-state index is 12.6. The van der Waals surface area contributed by atoms with Crippen LogP contribution in [-0.2, 0) is 9.59 Å². The van der Waals surface area contributed by atoms with Gasteiger partial charge < -0.3 is 0 Å². The number of hydrogen-bond acceptors (Lipinski definition) is 3. The summed E-state index contributed by atoms with van der Waals surface area (Å²) in [4.78, 5) is 38.8. The number of nitrogens with zero attached hydrogens (tertiary/aromatic N) is 2. The van der Waals surface area contributed by atoms with Crippen LogP contribution in [0.15, 0.2) is 54.6 Å². The lowest BCUT2D eigenvalue weighted by Gasteiger charge is -2.21. The van der Waals surface area contributed by atoms with Crippen molar-refractivity contribution >= 4 is 29.4 Å². The van der Waals surface area contributed by atoms with Crippen LogP contribution in [0.5, 0.6) is 0 Å². The fourth-order valence-corrected chi connectivity index (χ4v) is 2.76. The van der Waals surface area contributed by atoms with Crippen molar-refractivity contribution in [2.24, 2.45) is 0 Å². The summed E-state index contributed by atoms with van der Waals surface area (Å²) in [5.41, 5.74) is 1.48. The van der Waals surface area contributed by atoms with Crippen molar-refractivity contribution in [1.82, 2.24) is 9.80 Å². The number of amides is 4. The second-order valence-corrected chi connectivity index (χ2v) is 6.18. The third kappa shape index (κ3) is 3.46. The second kappa shape index (κ2) is 7.42. The van der Waals surface area contributed by atoms with Gasteiger partial charge in [-0.3, -0.25) is 9.59 Å². The Kier molecular flexibility index (Phi) is 5.06. The summed E-state index contributed by atoms with van der Waals surface area (Å²) < 4.78 is 0. The molecule has 0 spiro atoms. The van der Waals surface area contributed by atoms with Crippen LogP contribution in [0, 0.1) is 11.8 Å². The standard InChI is InChI=1S/C20H15ClN2O3/c1-14(16-7-3-2-4-8-16)23-19(25)18(24)22(20(23)26)13-5-6-15-9-11-17(21)12-10-15/h2-4,7-12,14H,13H2,1H3/t14-/m1/s1. The SMILES string of the molecule is C[C@H](c1ccccc1)N1C(=O)C(=O)N(CC#Cc2ccc(Cl)cc2)C1=O. The predicted molar refractivity (Wildman–Crippen MR) is 97.1 cm³/mol. The summed E-state index contributed by atoms with van der Waals surface area (Å²) in [6, 6.07) is 14.8. The van der Waals surface area contributed by atoms with E-state index in [4.69, 9.17) is 11.6 Å². The molecule has 1 aliphatic rings. The first-order valence-electron chi connectivity index (χ1n) is 7.97. The average molecular weight is 367 g/mol. The predicted octanol–water partition coefficient (Wildman–Crippen LogP) is 3.24. The van der Waals surface area contributed by atoms with Crippen molar-refractivity contribution in [3.8, 4) is 11.8 Å². The van der Waals surface area contributed by atoms with Gasteiger partial charge in [-0.05, 0) is 36.8 Å². The van der Waals surface area contributed by atoms with E-state index in [2.05, 4.69) is 11.8 Å². The number of carbonyl (C=O) groups is 3. The van der Waals surface area contributed by atoms with Crippen molar-refractivity contribution in [3.05, 3.63) is 70.7 Å². The summed E-state index contributed by atoms with van der Waals surface area (Å²) >= 11 is 5.81. The Hall–Kier alpha value is -3.10. The van der Waals surface area contributed by atoms with Crippen molar-refractivity contribution in [2.45, 2.75) is 13.0 Å². The van der Waals surface area contributed by atoms with E-state index in [1.165, 1.54) is 0 Å². The zero-order chi connectivity index (χ0) is 18.7. The molecule has 1 heterocycles. The van der Waals surface area contributed by atoms with Crippen LogP contribution in [0.25, 0.3) is 0 Å². The first-order valence-corrected chi connectivity index (χ1v) is 8.35. The Balaban J connectivity index is 1.76. The molecule has 3 rings (SSSR count). The van der Waals surface area contributed by atoms with Gasteiger partial charge in [-0.1, -0.05) is 53.8 Å². The molecule has 0 aromatic heterocycles. The molecule has 1 fully saturated rings. The maximum Gasteiger partial charge on any atom is 0.335 e. The van der Waals surface area contributed by atoms with Gasteiger partial charge in [0, 0.05) is 10.6 Å². The summed E-state index contributed by atoms with van der Waals surface area (Å²) in [5, 5.41) is 0.594. The van der Waals surface area contributed by atoms with E-state index in [1.807, 2.05) is 18.2 Å². The molecule has 0 saturated carbocycles. The highest BCUT2D eigenvalue weighted by atomic mass is 35.5. The Labute approximate surface area is 156 Å². The Bertz CT molecular complexity index is 914. The van der Waals surface area contributed by atoms with E-state index in [-0.39, 0.29) is 6.54 Å². The van der Waals surface area contributed by atoms with Gasteiger partial charge in [0.05, 0.1) is 12.6 Å². The minimum Gasteiger partial charge on any atom is -0.263 e. The monoisotopic (exact) mass is 366 g/mol. The third-order valence-electron chi connectivity index (χ3n) is 4.07. The van der Waals surface area contributed by atoms with E-state index in [9.17, 15) is 14.4 Å². The first kappa shape index (κ1) is 17.7. The Morgan fingerprint density at radius 3 is 2.27 bits per heavy atom. The van der Waals surface area contributed by atoms with E-state index < -0.39 is 23.9 Å². The molecule has 0 radical (unpaired) electrons. The van der Waals surface area contributed by atoms with Crippen LogP contribution >= 0.6 is 11.6 Å². The third-order valence-corrected chi connectivity index (χ3v) is 4.32. The van der Waals surface area contributed by atoms with Crippen LogP contribution in [0.3, 0.4) is 0 Å². The molecule has 1 aliphatic heterocycles. The van der Waals surface area contributed by atoms with E-state index in [1.54, 1.807) is 43.3 Å². The van der Waals surface area contributed by atoms with E-state index in [0.29, 0.717) is 10.6 Å². The van der Waals surface area contributed by atoms with E-state index >= 15 is 0 Å². The van der Waals surface area contributed by atoms with Crippen LogP contribution in [0.1, 0.15) is 24.1 Å². The molecule has 130 valence electrons. The van der Waals surface area contributed by atoms with Gasteiger partial charge in [-0.15, -0.1) is 0 Å². The van der Waals surface area contributed by atoms with E-state index in [0.717, 1.165) is 15.4 Å². The van der Waals surface area contributed by atoms with Gasteiger partial charge in [0.15, 0.2) is 0 Å². The summed E-state index contributed by atoms with van der Waals surface area (Å²) in [5.74, 6) is 3.91. The molecule has 26 heavy (non-hydrogen) atoms. The van der Waals surface area contributed by atoms with Crippen LogP contribution in [0.2, 0.25) is 5.02 Å². The number of urea groups is 1. The number of rotatable bonds is 3. The van der Waals surface area contributed by atoms with Crippen LogP contribution in [0.4, 0.5) is 4.79 Å². The number of halogens is 1. The highest BCUT2D eigenvalue weighted by molar-refractivity contribution is 6.44. The van der Waals surface area contributed by atoms with Gasteiger partial charge in [-0.2, -0.15) is 0 Å². The zero-order valence-electron chi connectivity index (χ0n) is 14.0. The van der Waals surface area contributed by atoms with Gasteiger partial charge in [0.2, 0.25) is 0 Å². The first-order chi connectivity index (χ1) is 12.5. The Morgan fingerprint density at radius 2 is 1.62 bits per heavy atom. The molecule has 0 bridgehead atoms. The minimum atomic E-state index is -0.858. The van der Waals surface area contributed by atoms with Crippen LogP contribution < -0.4 is 0 Å². The molecule has 2 aromatic carbocycles. The molecule has 0 aliphatic carbocycles. The maximum absolute atomic E-state index is 12.6. The molecular weight excluding hydrogens is 352 g/mol. The van der Waals surface area contributed by atoms with Crippen molar-refractivity contribution in [3.63, 3.8) is 0 Å². The molecule has 0 unspecified atom stereocenters. The lowest BCUT2D eigenvalue weighted by Crippen LogP contribution is -2.35. The number of imide groups is 2. The molecule has 6 heteroatoms. The summed E-state index contributed by atoms with van der Waals surface area (Å²) in [6.07, 6.45) is 0. The highest BCUT2D eigenvalue weighted by Crippen LogP contribution is 2.25. The quantitative estimate of drug-likeness (QED) is 0.476. The molecule has 1 atom stereocenters. The summed E-state index contributed by atoms with van der Waals surface area (Å²) in [6.45, 7) is 1.56. The molecular formula is C20H15ClN2O3. The van der Waals surface area contributed by atoms with Crippen molar-refractivity contribution in [1.29, 1.82) is 0 Å². The lowest BCUT2D eigenvalue weighted by atomic mass is 10.1. The molecule has 2 aromatic rings. The number of benzene rings is 2. The molecule has 5 nitrogen and oxygen atoms in total. The smallest absolute Gasteiger partial charge is 0.263 e. The molecule has 1 saturated heterocycles. The normalized spacial score (nSPS) is 15.1. The zero-order valence-corrected chi connectivity index (χ0v) is 14.7. The molecule has 4 amide bonds. The fourth-order valence-electron chi connectivity index (χ4n) is 2.64. The summed E-state index contributed by atoms with van der Waals surface area (Å²) in [7, 11) is 0. The van der Waals surface area contributed by atoms with Gasteiger partial charge >= 0.3 is 17.8 Å². The lowest BCUT2D eigenvalue weighted by molar-refractivity contribution is -0.143. The molecule has 0 N–H and O–H groups in total. The second-order valence-electron chi connectivity index (χ2n) is 5.74. The van der Waals surface area contributed by atoms with Crippen molar-refractivity contribution < 1.29 is 14.4 Å². The van der Waals surface area contributed by atoms with Crippen molar-refractivity contribution in [2.75, 3.05) is 6.54 Å². The average Bonchev–Trinajstić information content (AvgIpc) is 2.87. The Morgan fingerprint density at radius 1 is 0.962 bits per heavy atom. The van der Waals surface area contributed by atoms with Gasteiger partial charge in [-0.25, -0.2) is 14.6 Å². The van der Waals surface area contributed by atoms with Gasteiger partial charge in [0.25, 0.3) is 0 Å². The fraction of sp³-hybridized carbons (Fsp3) is 0.150. The van der Waals surface area contributed by atoms with Gasteiger partial charge in [0.1, 0.15) is 0 Å². The topological polar surface area (TPSA) is 57.7 Å².